The predicted molar refractivity (Wildman–Crippen MR) is 73.5 cm³/mol. The summed E-state index contributed by atoms with van der Waals surface area (Å²) in [7, 11) is 0. The van der Waals surface area contributed by atoms with E-state index in [1.165, 1.54) is 6.07 Å². The molecular weight excluding hydrogens is 351 g/mol. The Labute approximate surface area is 116 Å². The van der Waals surface area contributed by atoms with E-state index in [2.05, 4.69) is 27.9 Å². The van der Waals surface area contributed by atoms with Gasteiger partial charge in [0, 0.05) is 9.26 Å². The number of hydrogen-bond acceptors (Lipinski definition) is 1. The summed E-state index contributed by atoms with van der Waals surface area (Å²) in [6.07, 6.45) is 0. The van der Waals surface area contributed by atoms with Gasteiger partial charge in [-0.25, -0.2) is 8.78 Å². The Morgan fingerprint density at radius 3 is 2.28 bits per heavy atom. The van der Waals surface area contributed by atoms with Gasteiger partial charge in [-0.05, 0) is 52.9 Å². The highest BCUT2D eigenvalue weighted by Crippen LogP contribution is 2.16. The number of benzene rings is 2. The van der Waals surface area contributed by atoms with Crippen LogP contribution in [0.3, 0.4) is 0 Å². The summed E-state index contributed by atoms with van der Waals surface area (Å²) < 4.78 is 27.7. The summed E-state index contributed by atoms with van der Waals surface area (Å²) in [6.45, 7) is 0. The summed E-state index contributed by atoms with van der Waals surface area (Å²) in [5.74, 6) is -2.55. The van der Waals surface area contributed by atoms with Crippen LogP contribution < -0.4 is 5.32 Å². The van der Waals surface area contributed by atoms with E-state index >= 15 is 0 Å². The van der Waals surface area contributed by atoms with Crippen molar-refractivity contribution < 1.29 is 13.6 Å². The Morgan fingerprint density at radius 2 is 1.67 bits per heavy atom. The molecule has 0 bridgehead atoms. The molecule has 0 atom stereocenters. The monoisotopic (exact) mass is 359 g/mol. The third-order valence-electron chi connectivity index (χ3n) is 2.27. The van der Waals surface area contributed by atoms with Crippen molar-refractivity contribution >= 4 is 34.2 Å². The highest BCUT2D eigenvalue weighted by Gasteiger charge is 2.16. The average molecular weight is 359 g/mol. The van der Waals surface area contributed by atoms with Crippen LogP contribution in [0.4, 0.5) is 14.5 Å². The molecular formula is C13H8F2INO. The van der Waals surface area contributed by atoms with Gasteiger partial charge in [-0.3, -0.25) is 4.79 Å². The highest BCUT2D eigenvalue weighted by molar-refractivity contribution is 14.1. The fourth-order valence-electron chi connectivity index (χ4n) is 1.47. The van der Waals surface area contributed by atoms with Crippen molar-refractivity contribution in [2.24, 2.45) is 0 Å². The molecule has 2 aromatic carbocycles. The van der Waals surface area contributed by atoms with Crippen LogP contribution in [0, 0.1) is 15.2 Å². The average Bonchev–Trinajstić information content (AvgIpc) is 2.28. The van der Waals surface area contributed by atoms with Gasteiger partial charge in [-0.1, -0.05) is 12.1 Å². The van der Waals surface area contributed by atoms with Crippen molar-refractivity contribution in [3.8, 4) is 0 Å². The first-order valence-corrected chi connectivity index (χ1v) is 6.17. The Bertz CT molecular complexity index is 581. The smallest absolute Gasteiger partial charge is 0.261 e. The molecule has 0 spiro atoms. The first-order chi connectivity index (χ1) is 8.58. The van der Waals surface area contributed by atoms with Gasteiger partial charge in [0.05, 0.1) is 0 Å². The van der Waals surface area contributed by atoms with E-state index in [0.29, 0.717) is 5.69 Å². The lowest BCUT2D eigenvalue weighted by atomic mass is 10.2. The van der Waals surface area contributed by atoms with Crippen molar-refractivity contribution in [2.45, 2.75) is 0 Å². The van der Waals surface area contributed by atoms with Crippen molar-refractivity contribution in [3.63, 3.8) is 0 Å². The molecule has 0 aliphatic rings. The van der Waals surface area contributed by atoms with Crippen LogP contribution in [0.5, 0.6) is 0 Å². The van der Waals surface area contributed by atoms with Crippen molar-refractivity contribution in [1.82, 2.24) is 0 Å². The second kappa shape index (κ2) is 5.43. The first kappa shape index (κ1) is 12.9. The first-order valence-electron chi connectivity index (χ1n) is 5.09. The second-order valence-corrected chi connectivity index (χ2v) is 4.81. The molecule has 2 rings (SSSR count). The molecule has 0 aliphatic carbocycles. The Kier molecular flexibility index (Phi) is 3.90. The molecule has 5 heteroatoms. The predicted octanol–water partition coefficient (Wildman–Crippen LogP) is 3.82. The van der Waals surface area contributed by atoms with Gasteiger partial charge < -0.3 is 5.32 Å². The number of amides is 1. The van der Waals surface area contributed by atoms with Gasteiger partial charge in [-0.2, -0.15) is 0 Å². The van der Waals surface area contributed by atoms with Gasteiger partial charge in [0.15, 0.2) is 0 Å². The third kappa shape index (κ3) is 2.84. The lowest BCUT2D eigenvalue weighted by molar-refractivity contribution is 0.101. The Morgan fingerprint density at radius 1 is 1.06 bits per heavy atom. The van der Waals surface area contributed by atoms with Crippen LogP contribution in [-0.4, -0.2) is 5.91 Å². The molecule has 0 aliphatic heterocycles. The summed E-state index contributed by atoms with van der Waals surface area (Å²) in [5.41, 5.74) is -0.0779. The molecule has 1 N–H and O–H groups in total. The minimum atomic E-state index is -0.877. The summed E-state index contributed by atoms with van der Waals surface area (Å²) in [6, 6.07) is 10.3. The molecule has 18 heavy (non-hydrogen) atoms. The van der Waals surface area contributed by atoms with Crippen molar-refractivity contribution in [2.75, 3.05) is 5.32 Å². The summed E-state index contributed by atoms with van der Waals surface area (Å²) in [5, 5.41) is 2.46. The SMILES string of the molecule is O=C(Nc1cccc(I)c1)c1c(F)cccc1F. The third-order valence-corrected chi connectivity index (χ3v) is 2.94. The van der Waals surface area contributed by atoms with E-state index in [0.717, 1.165) is 15.7 Å². The van der Waals surface area contributed by atoms with Crippen LogP contribution in [-0.2, 0) is 0 Å². The van der Waals surface area contributed by atoms with E-state index in [1.807, 2.05) is 6.07 Å². The normalized spacial score (nSPS) is 10.2. The molecule has 0 aromatic heterocycles. The van der Waals surface area contributed by atoms with Gasteiger partial charge in [0.2, 0.25) is 0 Å². The number of hydrogen-bond donors (Lipinski definition) is 1. The number of halogens is 3. The van der Waals surface area contributed by atoms with E-state index in [-0.39, 0.29) is 0 Å². The van der Waals surface area contributed by atoms with Crippen LogP contribution in [0.2, 0.25) is 0 Å². The quantitative estimate of drug-likeness (QED) is 0.812. The molecule has 0 saturated carbocycles. The van der Waals surface area contributed by atoms with E-state index in [1.54, 1.807) is 18.2 Å². The maximum absolute atomic E-state index is 13.4. The lowest BCUT2D eigenvalue weighted by Crippen LogP contribution is -2.15. The standard InChI is InChI=1S/C13H8F2INO/c14-10-5-2-6-11(15)12(10)13(18)17-9-4-1-3-8(16)7-9/h1-7H,(H,17,18). The number of rotatable bonds is 2. The molecule has 2 nitrogen and oxygen atoms in total. The molecule has 0 saturated heterocycles. The molecule has 0 heterocycles. The van der Waals surface area contributed by atoms with Crippen LogP contribution in [0.25, 0.3) is 0 Å². The highest BCUT2D eigenvalue weighted by atomic mass is 127. The van der Waals surface area contributed by atoms with Gasteiger partial charge in [0.25, 0.3) is 5.91 Å². The lowest BCUT2D eigenvalue weighted by Gasteiger charge is -2.07. The largest absolute Gasteiger partial charge is 0.322 e. The number of anilines is 1. The number of nitrogens with one attached hydrogen (secondary N) is 1. The van der Waals surface area contributed by atoms with Crippen LogP contribution >= 0.6 is 22.6 Å². The number of carbonyl (C=O) groups excluding carboxylic acids is 1. The van der Waals surface area contributed by atoms with E-state index in [9.17, 15) is 13.6 Å². The maximum atomic E-state index is 13.4. The molecule has 92 valence electrons. The van der Waals surface area contributed by atoms with Crippen LogP contribution in [0.1, 0.15) is 10.4 Å². The fraction of sp³-hybridized carbons (Fsp3) is 0. The maximum Gasteiger partial charge on any atom is 0.261 e. The van der Waals surface area contributed by atoms with Gasteiger partial charge in [0.1, 0.15) is 17.2 Å². The summed E-state index contributed by atoms with van der Waals surface area (Å²) >= 11 is 2.08. The topological polar surface area (TPSA) is 29.1 Å². The van der Waals surface area contributed by atoms with Gasteiger partial charge >= 0.3 is 0 Å². The zero-order chi connectivity index (χ0) is 13.1. The molecule has 2 aromatic rings. The van der Waals surface area contributed by atoms with Gasteiger partial charge in [-0.15, -0.1) is 0 Å². The molecule has 0 radical (unpaired) electrons. The van der Waals surface area contributed by atoms with Crippen molar-refractivity contribution in [3.05, 3.63) is 63.2 Å². The van der Waals surface area contributed by atoms with Crippen molar-refractivity contribution in [1.29, 1.82) is 0 Å². The Hall–Kier alpha value is -1.50. The minimum Gasteiger partial charge on any atom is -0.322 e. The second-order valence-electron chi connectivity index (χ2n) is 3.56. The minimum absolute atomic E-state index is 0.495. The summed E-state index contributed by atoms with van der Waals surface area (Å²) in [4.78, 5) is 11.8. The number of carbonyl (C=O) groups is 1. The molecule has 1 amide bonds. The molecule has 0 unspecified atom stereocenters. The van der Waals surface area contributed by atoms with E-state index < -0.39 is 23.1 Å². The zero-order valence-electron chi connectivity index (χ0n) is 9.08. The zero-order valence-corrected chi connectivity index (χ0v) is 11.2. The molecule has 0 fully saturated rings. The van der Waals surface area contributed by atoms with Crippen LogP contribution in [0.15, 0.2) is 42.5 Å². The Balaban J connectivity index is 2.28. The fourth-order valence-corrected chi connectivity index (χ4v) is 2.02. The van der Waals surface area contributed by atoms with E-state index in [4.69, 9.17) is 0 Å².